The number of likely N-dealkylation sites (tertiary alicyclic amines) is 1. The van der Waals surface area contributed by atoms with Crippen molar-refractivity contribution in [1.29, 1.82) is 0 Å². The molecular weight excluding hydrogens is 380 g/mol. The molecule has 2 aromatic heterocycles. The molecule has 1 amide bonds. The number of halogens is 1. The maximum absolute atomic E-state index is 12.5. The van der Waals surface area contributed by atoms with Gasteiger partial charge in [0, 0.05) is 36.3 Å². The average molecular weight is 401 g/mol. The van der Waals surface area contributed by atoms with Crippen LogP contribution in [0.2, 0.25) is 5.02 Å². The summed E-state index contributed by atoms with van der Waals surface area (Å²) in [6.45, 7) is 3.84. The topological polar surface area (TPSA) is 80.4 Å². The molecule has 1 fully saturated rings. The third kappa shape index (κ3) is 3.95. The molecule has 28 heavy (non-hydrogen) atoms. The fourth-order valence-electron chi connectivity index (χ4n) is 3.48. The number of hydrogen-bond acceptors (Lipinski definition) is 5. The first-order valence-corrected chi connectivity index (χ1v) is 9.62. The van der Waals surface area contributed by atoms with Gasteiger partial charge in [0.25, 0.3) is 0 Å². The summed E-state index contributed by atoms with van der Waals surface area (Å²) in [4.78, 5) is 31.0. The molecule has 3 heterocycles. The number of hydrogen-bond donors (Lipinski definition) is 1. The number of pyridine rings is 1. The van der Waals surface area contributed by atoms with Crippen molar-refractivity contribution in [2.75, 3.05) is 18.4 Å². The fourth-order valence-corrected chi connectivity index (χ4v) is 3.64. The molecule has 0 radical (unpaired) electrons. The van der Waals surface area contributed by atoms with Gasteiger partial charge >= 0.3 is 5.76 Å². The van der Waals surface area contributed by atoms with E-state index in [1.807, 2.05) is 19.1 Å². The van der Waals surface area contributed by atoms with Crippen molar-refractivity contribution >= 4 is 34.4 Å². The molecule has 1 N–H and O–H groups in total. The van der Waals surface area contributed by atoms with Crippen molar-refractivity contribution in [2.45, 2.75) is 26.4 Å². The predicted octanol–water partition coefficient (Wildman–Crippen LogP) is 3.26. The highest BCUT2D eigenvalue weighted by atomic mass is 35.5. The average Bonchev–Trinajstić information content (AvgIpc) is 2.98. The van der Waals surface area contributed by atoms with E-state index in [0.29, 0.717) is 23.1 Å². The number of carbonyl (C=O) groups is 1. The summed E-state index contributed by atoms with van der Waals surface area (Å²) in [5, 5.41) is 3.42. The van der Waals surface area contributed by atoms with E-state index in [1.165, 1.54) is 0 Å². The largest absolute Gasteiger partial charge is 0.421 e. The molecule has 0 unspecified atom stereocenters. The molecule has 3 aromatic rings. The van der Waals surface area contributed by atoms with Gasteiger partial charge in [0.1, 0.15) is 5.82 Å². The fraction of sp³-hybridized carbons (Fsp3) is 0.350. The first-order valence-electron chi connectivity index (χ1n) is 9.24. The van der Waals surface area contributed by atoms with E-state index >= 15 is 0 Å². The Morgan fingerprint density at radius 1 is 1.29 bits per heavy atom. The minimum absolute atomic E-state index is 0.00317. The lowest BCUT2D eigenvalue weighted by molar-refractivity contribution is -0.121. The maximum Gasteiger partial charge on any atom is 0.421 e. The Morgan fingerprint density at radius 3 is 2.79 bits per heavy atom. The quantitative estimate of drug-likeness (QED) is 0.727. The van der Waals surface area contributed by atoms with Gasteiger partial charge in [0.05, 0.1) is 12.2 Å². The van der Waals surface area contributed by atoms with Crippen molar-refractivity contribution in [3.05, 3.63) is 57.7 Å². The molecule has 1 aliphatic rings. The second-order valence-corrected chi connectivity index (χ2v) is 7.59. The zero-order valence-electron chi connectivity index (χ0n) is 15.5. The van der Waals surface area contributed by atoms with Gasteiger partial charge in [-0.25, -0.2) is 9.78 Å². The van der Waals surface area contributed by atoms with Crippen LogP contribution >= 0.6 is 11.6 Å². The molecule has 7 nitrogen and oxygen atoms in total. The number of nitrogens with one attached hydrogen (secondary N) is 1. The first-order chi connectivity index (χ1) is 13.5. The van der Waals surface area contributed by atoms with Gasteiger partial charge in [-0.15, -0.1) is 0 Å². The Morgan fingerprint density at radius 2 is 2.07 bits per heavy atom. The van der Waals surface area contributed by atoms with Gasteiger partial charge < -0.3 is 9.73 Å². The minimum atomic E-state index is -0.400. The van der Waals surface area contributed by atoms with Crippen molar-refractivity contribution in [3.63, 3.8) is 0 Å². The van der Waals surface area contributed by atoms with Crippen LogP contribution in [0.5, 0.6) is 0 Å². The molecule has 1 aromatic carbocycles. The van der Waals surface area contributed by atoms with Gasteiger partial charge in [-0.3, -0.25) is 14.3 Å². The Hall–Kier alpha value is -2.64. The monoisotopic (exact) mass is 400 g/mol. The summed E-state index contributed by atoms with van der Waals surface area (Å²) in [5.41, 5.74) is 2.26. The molecule has 0 saturated carbocycles. The number of piperidine rings is 1. The molecule has 0 atom stereocenters. The zero-order valence-corrected chi connectivity index (χ0v) is 16.3. The Bertz CT molecular complexity index is 1050. The summed E-state index contributed by atoms with van der Waals surface area (Å²) < 4.78 is 6.88. The first kappa shape index (κ1) is 18.7. The van der Waals surface area contributed by atoms with Gasteiger partial charge in [-0.05, 0) is 43.5 Å². The van der Waals surface area contributed by atoms with E-state index in [1.54, 1.807) is 29.0 Å². The molecule has 0 bridgehead atoms. The van der Waals surface area contributed by atoms with E-state index < -0.39 is 5.76 Å². The molecule has 4 rings (SSSR count). The van der Waals surface area contributed by atoms with Gasteiger partial charge in [0.15, 0.2) is 5.58 Å². The van der Waals surface area contributed by atoms with E-state index in [0.717, 1.165) is 37.0 Å². The van der Waals surface area contributed by atoms with Crippen LogP contribution in [0.1, 0.15) is 18.4 Å². The number of amides is 1. The third-order valence-electron chi connectivity index (χ3n) is 5.09. The molecule has 1 aliphatic heterocycles. The van der Waals surface area contributed by atoms with Crippen LogP contribution in [0.3, 0.4) is 0 Å². The molecule has 146 valence electrons. The highest BCUT2D eigenvalue weighted by Gasteiger charge is 2.26. The second kappa shape index (κ2) is 7.77. The van der Waals surface area contributed by atoms with Gasteiger partial charge in [-0.2, -0.15) is 0 Å². The number of aryl methyl sites for hydroxylation is 1. The Balaban J connectivity index is 1.37. The van der Waals surface area contributed by atoms with Gasteiger partial charge in [0.2, 0.25) is 5.91 Å². The predicted molar refractivity (Wildman–Crippen MR) is 107 cm³/mol. The molecule has 0 spiro atoms. The summed E-state index contributed by atoms with van der Waals surface area (Å²) in [7, 11) is 0. The lowest BCUT2D eigenvalue weighted by Crippen LogP contribution is -2.40. The van der Waals surface area contributed by atoms with Crippen molar-refractivity contribution in [1.82, 2.24) is 14.5 Å². The van der Waals surface area contributed by atoms with Gasteiger partial charge in [-0.1, -0.05) is 17.7 Å². The second-order valence-electron chi connectivity index (χ2n) is 7.15. The van der Waals surface area contributed by atoms with E-state index in [-0.39, 0.29) is 11.8 Å². The number of oxazole rings is 1. The highest BCUT2D eigenvalue weighted by Crippen LogP contribution is 2.22. The molecule has 0 aliphatic carbocycles. The Kier molecular flexibility index (Phi) is 5.19. The summed E-state index contributed by atoms with van der Waals surface area (Å²) in [6.07, 6.45) is 3.19. The van der Waals surface area contributed by atoms with Crippen LogP contribution in [-0.4, -0.2) is 33.4 Å². The zero-order chi connectivity index (χ0) is 19.7. The number of benzene rings is 1. The number of fused-ring (bicyclic) bond motifs is 1. The summed E-state index contributed by atoms with van der Waals surface area (Å²) in [6, 6.07) is 8.91. The standard InChI is InChI=1S/C20H21ClN4O3/c1-13-2-5-18(22-11-13)23-19(26)14-6-8-24(9-7-14)12-25-16-4-3-15(21)10-17(16)28-20(25)27/h2-5,10-11,14H,6-9,12H2,1H3,(H,22,23,26). The SMILES string of the molecule is Cc1ccc(NC(=O)C2CCN(Cn3c(=O)oc4cc(Cl)ccc43)CC2)nc1. The van der Waals surface area contributed by atoms with Crippen LogP contribution in [0.4, 0.5) is 5.82 Å². The maximum atomic E-state index is 12.5. The van der Waals surface area contributed by atoms with Crippen LogP contribution in [0.15, 0.2) is 45.7 Å². The number of nitrogens with zero attached hydrogens (tertiary/aromatic N) is 3. The van der Waals surface area contributed by atoms with Crippen molar-refractivity contribution in [3.8, 4) is 0 Å². The van der Waals surface area contributed by atoms with Crippen LogP contribution in [-0.2, 0) is 11.5 Å². The van der Waals surface area contributed by atoms with Crippen LogP contribution in [0.25, 0.3) is 11.1 Å². The van der Waals surface area contributed by atoms with E-state index in [2.05, 4.69) is 15.2 Å². The third-order valence-corrected chi connectivity index (χ3v) is 5.33. The normalized spacial score (nSPS) is 15.8. The molecule has 8 heteroatoms. The number of carbonyl (C=O) groups excluding carboxylic acids is 1. The smallest absolute Gasteiger partial charge is 0.408 e. The number of anilines is 1. The van der Waals surface area contributed by atoms with E-state index in [9.17, 15) is 9.59 Å². The lowest BCUT2D eigenvalue weighted by atomic mass is 9.96. The highest BCUT2D eigenvalue weighted by molar-refractivity contribution is 6.31. The summed E-state index contributed by atoms with van der Waals surface area (Å²) in [5.74, 6) is 0.114. The van der Waals surface area contributed by atoms with Crippen molar-refractivity contribution < 1.29 is 9.21 Å². The Labute approximate surface area is 166 Å². The van der Waals surface area contributed by atoms with Crippen LogP contribution < -0.4 is 11.1 Å². The number of aromatic nitrogens is 2. The lowest BCUT2D eigenvalue weighted by Gasteiger charge is -2.31. The molecule has 1 saturated heterocycles. The van der Waals surface area contributed by atoms with Crippen LogP contribution in [0, 0.1) is 12.8 Å². The van der Waals surface area contributed by atoms with E-state index in [4.69, 9.17) is 16.0 Å². The van der Waals surface area contributed by atoms with Crippen molar-refractivity contribution in [2.24, 2.45) is 5.92 Å². The summed E-state index contributed by atoms with van der Waals surface area (Å²) >= 11 is 5.96. The molecular formula is C20H21ClN4O3. The minimum Gasteiger partial charge on any atom is -0.408 e. The number of rotatable bonds is 4.